The Hall–Kier alpha value is -3.92. The number of aromatic nitrogens is 2. The monoisotopic (exact) mass is 399 g/mol. The molecule has 0 N–H and O–H groups in total. The van der Waals surface area contributed by atoms with Gasteiger partial charge in [0.25, 0.3) is 5.91 Å². The van der Waals surface area contributed by atoms with Gasteiger partial charge in [0.15, 0.2) is 11.5 Å². The third-order valence-corrected chi connectivity index (χ3v) is 5.00. The Balaban J connectivity index is 1.33. The predicted octanol–water partition coefficient (Wildman–Crippen LogP) is 2.89. The van der Waals surface area contributed by atoms with Crippen molar-refractivity contribution in [3.8, 4) is 11.8 Å². The van der Waals surface area contributed by atoms with E-state index in [1.807, 2.05) is 52.3 Å². The fraction of sp³-hybridized carbons (Fsp3) is 0.217. The maximum atomic E-state index is 12.8. The lowest BCUT2D eigenvalue weighted by molar-refractivity contribution is 0.0746. The quantitative estimate of drug-likeness (QED) is 0.656. The van der Waals surface area contributed by atoms with Gasteiger partial charge in [0.2, 0.25) is 0 Å². The largest absolute Gasteiger partial charge is 0.489 e. The fourth-order valence-electron chi connectivity index (χ4n) is 3.38. The van der Waals surface area contributed by atoms with Crippen LogP contribution in [0.2, 0.25) is 0 Å². The van der Waals surface area contributed by atoms with Gasteiger partial charge < -0.3 is 14.5 Å². The predicted molar refractivity (Wildman–Crippen MR) is 112 cm³/mol. The van der Waals surface area contributed by atoms with Crippen LogP contribution in [0.4, 0.5) is 5.82 Å². The minimum absolute atomic E-state index is 0.0103. The number of carbonyl (C=O) groups excluding carboxylic acids is 1. The molecule has 7 nitrogen and oxygen atoms in total. The summed E-state index contributed by atoms with van der Waals surface area (Å²) in [5.74, 6) is 1.29. The molecule has 0 saturated carbocycles. The van der Waals surface area contributed by atoms with Crippen LogP contribution in [0.3, 0.4) is 0 Å². The smallest absolute Gasteiger partial charge is 0.253 e. The molecule has 2 aromatic carbocycles. The Morgan fingerprint density at radius 3 is 2.37 bits per heavy atom. The number of amides is 1. The van der Waals surface area contributed by atoms with Gasteiger partial charge in [-0.2, -0.15) is 5.26 Å². The third kappa shape index (κ3) is 4.39. The number of benzene rings is 2. The first-order valence-electron chi connectivity index (χ1n) is 9.77. The van der Waals surface area contributed by atoms with E-state index in [0.717, 1.165) is 11.3 Å². The molecule has 150 valence electrons. The second-order valence-corrected chi connectivity index (χ2v) is 6.92. The molecule has 7 heteroatoms. The Bertz CT molecular complexity index is 1040. The first-order valence-corrected chi connectivity index (χ1v) is 9.77. The molecule has 1 aliphatic rings. The molecule has 1 fully saturated rings. The highest BCUT2D eigenvalue weighted by atomic mass is 16.5. The molecule has 0 atom stereocenters. The lowest BCUT2D eigenvalue weighted by Crippen LogP contribution is -2.49. The number of hydrogen-bond donors (Lipinski definition) is 0. The summed E-state index contributed by atoms with van der Waals surface area (Å²) in [6.45, 7) is 2.83. The van der Waals surface area contributed by atoms with E-state index < -0.39 is 0 Å². The van der Waals surface area contributed by atoms with Crippen molar-refractivity contribution in [3.63, 3.8) is 0 Å². The number of nitriles is 1. The third-order valence-electron chi connectivity index (χ3n) is 5.00. The number of nitrogens with zero attached hydrogens (tertiary/aromatic N) is 5. The molecule has 3 aromatic rings. The van der Waals surface area contributed by atoms with Crippen LogP contribution >= 0.6 is 0 Å². The van der Waals surface area contributed by atoms with Gasteiger partial charge in [-0.3, -0.25) is 4.79 Å². The van der Waals surface area contributed by atoms with Crippen molar-refractivity contribution in [2.75, 3.05) is 31.1 Å². The molecule has 0 aliphatic carbocycles. The van der Waals surface area contributed by atoms with E-state index in [2.05, 4.69) is 16.0 Å². The Kier molecular flexibility index (Phi) is 5.85. The Morgan fingerprint density at radius 1 is 0.967 bits per heavy atom. The second kappa shape index (κ2) is 9.05. The first-order chi connectivity index (χ1) is 14.7. The van der Waals surface area contributed by atoms with E-state index in [1.165, 1.54) is 6.20 Å². The highest BCUT2D eigenvalue weighted by molar-refractivity contribution is 5.94. The number of hydrogen-bond acceptors (Lipinski definition) is 6. The van der Waals surface area contributed by atoms with Crippen molar-refractivity contribution in [1.82, 2.24) is 14.9 Å². The average molecular weight is 399 g/mol. The molecule has 30 heavy (non-hydrogen) atoms. The highest BCUT2D eigenvalue weighted by Crippen LogP contribution is 2.19. The van der Waals surface area contributed by atoms with Gasteiger partial charge in [0.1, 0.15) is 18.4 Å². The number of anilines is 1. The summed E-state index contributed by atoms with van der Waals surface area (Å²) in [7, 11) is 0. The molecule has 1 amide bonds. The van der Waals surface area contributed by atoms with Crippen LogP contribution in [-0.4, -0.2) is 47.0 Å². The molecule has 0 bridgehead atoms. The summed E-state index contributed by atoms with van der Waals surface area (Å²) in [6.07, 6.45) is 3.09. The lowest BCUT2D eigenvalue weighted by Gasteiger charge is -2.35. The van der Waals surface area contributed by atoms with Crippen molar-refractivity contribution in [1.29, 1.82) is 5.26 Å². The van der Waals surface area contributed by atoms with Gasteiger partial charge in [-0.05, 0) is 29.8 Å². The highest BCUT2D eigenvalue weighted by Gasteiger charge is 2.24. The molecule has 0 radical (unpaired) electrons. The minimum Gasteiger partial charge on any atom is -0.489 e. The van der Waals surface area contributed by atoms with Gasteiger partial charge in [0.05, 0.1) is 0 Å². The summed E-state index contributed by atoms with van der Waals surface area (Å²) >= 11 is 0. The standard InChI is InChI=1S/C23H21N5O2/c24-16-21-22(26-11-10-25-21)27-12-14-28(15-13-27)23(29)19-6-8-20(9-7-19)30-17-18-4-2-1-3-5-18/h1-11H,12-15,17H2. The summed E-state index contributed by atoms with van der Waals surface area (Å²) in [5, 5.41) is 9.21. The zero-order chi connectivity index (χ0) is 20.8. The molecule has 0 spiro atoms. The zero-order valence-corrected chi connectivity index (χ0v) is 16.4. The van der Waals surface area contributed by atoms with Crippen LogP contribution in [0.1, 0.15) is 21.6 Å². The maximum Gasteiger partial charge on any atom is 0.253 e. The molecule has 1 aromatic heterocycles. The van der Waals surface area contributed by atoms with Crippen LogP contribution in [-0.2, 0) is 6.61 Å². The van der Waals surface area contributed by atoms with Crippen LogP contribution in [0.25, 0.3) is 0 Å². The van der Waals surface area contributed by atoms with E-state index in [0.29, 0.717) is 49.9 Å². The number of ether oxygens (including phenoxy) is 1. The van der Waals surface area contributed by atoms with Crippen molar-refractivity contribution in [3.05, 3.63) is 83.8 Å². The van der Waals surface area contributed by atoms with Crippen LogP contribution in [0.15, 0.2) is 67.0 Å². The number of piperazine rings is 1. The Morgan fingerprint density at radius 2 is 1.67 bits per heavy atom. The maximum absolute atomic E-state index is 12.8. The van der Waals surface area contributed by atoms with E-state index >= 15 is 0 Å². The normalized spacial score (nSPS) is 13.6. The van der Waals surface area contributed by atoms with Crippen LogP contribution in [0, 0.1) is 11.3 Å². The van der Waals surface area contributed by atoms with Gasteiger partial charge >= 0.3 is 0 Å². The summed E-state index contributed by atoms with van der Waals surface area (Å²) < 4.78 is 5.79. The number of rotatable bonds is 5. The van der Waals surface area contributed by atoms with Crippen LogP contribution < -0.4 is 9.64 Å². The Labute approximate surface area is 175 Å². The van der Waals surface area contributed by atoms with E-state index in [4.69, 9.17) is 4.74 Å². The van der Waals surface area contributed by atoms with Gasteiger partial charge in [-0.1, -0.05) is 30.3 Å². The van der Waals surface area contributed by atoms with Gasteiger partial charge in [-0.15, -0.1) is 0 Å². The molecule has 1 saturated heterocycles. The van der Waals surface area contributed by atoms with E-state index in [-0.39, 0.29) is 5.91 Å². The van der Waals surface area contributed by atoms with Crippen molar-refractivity contribution >= 4 is 11.7 Å². The van der Waals surface area contributed by atoms with Crippen molar-refractivity contribution in [2.45, 2.75) is 6.61 Å². The topological polar surface area (TPSA) is 82.4 Å². The fourth-order valence-corrected chi connectivity index (χ4v) is 3.38. The SMILES string of the molecule is N#Cc1nccnc1N1CCN(C(=O)c2ccc(OCc3ccccc3)cc2)CC1. The van der Waals surface area contributed by atoms with E-state index in [1.54, 1.807) is 18.3 Å². The van der Waals surface area contributed by atoms with Gasteiger partial charge in [0, 0.05) is 44.1 Å². The number of carbonyl (C=O) groups is 1. The summed E-state index contributed by atoms with van der Waals surface area (Å²) in [4.78, 5) is 25.0. The van der Waals surface area contributed by atoms with E-state index in [9.17, 15) is 10.1 Å². The molecule has 2 heterocycles. The molecule has 0 unspecified atom stereocenters. The zero-order valence-electron chi connectivity index (χ0n) is 16.4. The van der Waals surface area contributed by atoms with Crippen molar-refractivity contribution in [2.24, 2.45) is 0 Å². The molecular weight excluding hydrogens is 378 g/mol. The van der Waals surface area contributed by atoms with Gasteiger partial charge in [-0.25, -0.2) is 9.97 Å². The molecule has 1 aliphatic heterocycles. The second-order valence-electron chi connectivity index (χ2n) is 6.92. The summed E-state index contributed by atoms with van der Waals surface area (Å²) in [6, 6.07) is 19.3. The van der Waals surface area contributed by atoms with Crippen molar-refractivity contribution < 1.29 is 9.53 Å². The summed E-state index contributed by atoms with van der Waals surface area (Å²) in [5.41, 5.74) is 2.04. The first kappa shape index (κ1) is 19.4. The lowest BCUT2D eigenvalue weighted by atomic mass is 10.1. The minimum atomic E-state index is -0.0103. The average Bonchev–Trinajstić information content (AvgIpc) is 2.83. The van der Waals surface area contributed by atoms with Crippen LogP contribution in [0.5, 0.6) is 5.75 Å². The molecule has 4 rings (SSSR count). The molecular formula is C23H21N5O2.